The number of ether oxygens (including phenoxy) is 1. The van der Waals surface area contributed by atoms with E-state index in [2.05, 4.69) is 10.6 Å². The van der Waals surface area contributed by atoms with Crippen LogP contribution in [0.3, 0.4) is 0 Å². The van der Waals surface area contributed by atoms with Crippen LogP contribution >= 0.6 is 12.2 Å². The van der Waals surface area contributed by atoms with Gasteiger partial charge >= 0.3 is 5.97 Å². The molecular weight excluding hydrogens is 316 g/mol. The van der Waals surface area contributed by atoms with E-state index in [0.29, 0.717) is 17.9 Å². The number of carbonyl (C=O) groups is 3. The second kappa shape index (κ2) is 9.68. The zero-order valence-electron chi connectivity index (χ0n) is 13.2. The fourth-order valence-corrected chi connectivity index (χ4v) is 1.88. The molecule has 0 unspecified atom stereocenters. The Morgan fingerprint density at radius 2 is 1.78 bits per heavy atom. The maximum atomic E-state index is 11.7. The van der Waals surface area contributed by atoms with Crippen molar-refractivity contribution in [3.63, 3.8) is 0 Å². The third kappa shape index (κ3) is 7.51. The van der Waals surface area contributed by atoms with Crippen LogP contribution in [0.1, 0.15) is 43.5 Å². The Morgan fingerprint density at radius 3 is 2.35 bits per heavy atom. The first-order chi connectivity index (χ1) is 10.9. The highest BCUT2D eigenvalue weighted by Gasteiger charge is 2.09. The first-order valence-electron chi connectivity index (χ1n) is 7.29. The van der Waals surface area contributed by atoms with Crippen molar-refractivity contribution in [2.45, 2.75) is 33.1 Å². The smallest absolute Gasteiger partial charge is 0.306 e. The lowest BCUT2D eigenvalue weighted by Gasteiger charge is -2.09. The third-order valence-corrected chi connectivity index (χ3v) is 3.03. The zero-order chi connectivity index (χ0) is 17.2. The van der Waals surface area contributed by atoms with Crippen molar-refractivity contribution >= 4 is 40.7 Å². The molecule has 1 amide bonds. The number of anilines is 1. The van der Waals surface area contributed by atoms with Gasteiger partial charge in [0.15, 0.2) is 10.9 Å². The molecule has 0 aliphatic rings. The van der Waals surface area contributed by atoms with Crippen LogP contribution in [0.4, 0.5) is 5.69 Å². The number of nitrogens with one attached hydrogen (secondary N) is 2. The monoisotopic (exact) mass is 336 g/mol. The molecule has 0 bridgehead atoms. The van der Waals surface area contributed by atoms with Gasteiger partial charge in [0.05, 0.1) is 13.0 Å². The summed E-state index contributed by atoms with van der Waals surface area (Å²) in [6, 6.07) is 6.71. The number of amides is 1. The maximum Gasteiger partial charge on any atom is 0.306 e. The number of hydrogen-bond acceptors (Lipinski definition) is 5. The highest BCUT2D eigenvalue weighted by molar-refractivity contribution is 7.80. The Kier molecular flexibility index (Phi) is 7.90. The van der Waals surface area contributed by atoms with Gasteiger partial charge in [-0.3, -0.25) is 14.4 Å². The van der Waals surface area contributed by atoms with Crippen LogP contribution in [0.2, 0.25) is 0 Å². The maximum absolute atomic E-state index is 11.7. The van der Waals surface area contributed by atoms with Crippen LogP contribution in [-0.4, -0.2) is 29.4 Å². The van der Waals surface area contributed by atoms with Crippen LogP contribution < -0.4 is 10.6 Å². The highest BCUT2D eigenvalue weighted by Crippen LogP contribution is 2.09. The summed E-state index contributed by atoms with van der Waals surface area (Å²) < 4.78 is 4.88. The normalized spacial score (nSPS) is 9.83. The number of benzene rings is 1. The summed E-state index contributed by atoms with van der Waals surface area (Å²) >= 11 is 5.02. The Morgan fingerprint density at radius 1 is 1.13 bits per heavy atom. The van der Waals surface area contributed by atoms with E-state index in [4.69, 9.17) is 17.0 Å². The Balaban J connectivity index is 2.36. The molecule has 0 atom stereocenters. The lowest BCUT2D eigenvalue weighted by molar-refractivity contribution is -0.144. The first kappa shape index (κ1) is 18.8. The average molecular weight is 336 g/mol. The van der Waals surface area contributed by atoms with Crippen LogP contribution in [-0.2, 0) is 14.3 Å². The number of Topliss-reactive ketones (excluding diaryl/α,β-unsaturated/α-hetero) is 1. The summed E-state index contributed by atoms with van der Waals surface area (Å²) in [5.41, 5.74) is 1.25. The van der Waals surface area contributed by atoms with Gasteiger partial charge in [-0.25, -0.2) is 0 Å². The molecule has 1 aromatic rings. The van der Waals surface area contributed by atoms with Crippen LogP contribution in [0.5, 0.6) is 0 Å². The van der Waals surface area contributed by atoms with Crippen molar-refractivity contribution in [1.29, 1.82) is 0 Å². The zero-order valence-corrected chi connectivity index (χ0v) is 14.0. The van der Waals surface area contributed by atoms with E-state index in [1.54, 1.807) is 24.3 Å². The fourth-order valence-electron chi connectivity index (χ4n) is 1.64. The molecule has 0 heterocycles. The number of thiocarbonyl (C=S) groups is 1. The summed E-state index contributed by atoms with van der Waals surface area (Å²) in [6.07, 6.45) is 0.768. The summed E-state index contributed by atoms with van der Waals surface area (Å²) in [5.74, 6) is -0.792. The lowest BCUT2D eigenvalue weighted by Crippen LogP contribution is -2.34. The molecule has 0 spiro atoms. The van der Waals surface area contributed by atoms with Gasteiger partial charge in [-0.05, 0) is 49.8 Å². The Bertz CT molecular complexity index is 584. The predicted octanol–water partition coefficient (Wildman–Crippen LogP) is 2.44. The quantitative estimate of drug-likeness (QED) is 0.452. The molecule has 0 aliphatic carbocycles. The van der Waals surface area contributed by atoms with Crippen molar-refractivity contribution < 1.29 is 19.1 Å². The van der Waals surface area contributed by atoms with Gasteiger partial charge < -0.3 is 15.4 Å². The van der Waals surface area contributed by atoms with Crippen molar-refractivity contribution in [3.8, 4) is 0 Å². The molecular formula is C16H20N2O4S. The summed E-state index contributed by atoms with van der Waals surface area (Å²) in [6.45, 7) is 3.74. The van der Waals surface area contributed by atoms with Gasteiger partial charge in [0.1, 0.15) is 0 Å². The lowest BCUT2D eigenvalue weighted by atomic mass is 10.1. The Labute approximate surface area is 140 Å². The third-order valence-electron chi connectivity index (χ3n) is 2.83. The van der Waals surface area contributed by atoms with Crippen molar-refractivity contribution in [2.75, 3.05) is 11.9 Å². The largest absolute Gasteiger partial charge is 0.466 e. The molecule has 0 aromatic heterocycles. The van der Waals surface area contributed by atoms with E-state index >= 15 is 0 Å². The van der Waals surface area contributed by atoms with E-state index in [1.807, 2.05) is 6.92 Å². The minimum absolute atomic E-state index is 0.00758. The van der Waals surface area contributed by atoms with Gasteiger partial charge in [0.25, 0.3) is 0 Å². The molecule has 124 valence electrons. The number of esters is 1. The predicted molar refractivity (Wildman–Crippen MR) is 91.3 cm³/mol. The van der Waals surface area contributed by atoms with Crippen molar-refractivity contribution in [2.24, 2.45) is 0 Å². The number of hydrogen-bond donors (Lipinski definition) is 2. The molecule has 0 saturated carbocycles. The van der Waals surface area contributed by atoms with Crippen LogP contribution in [0, 0.1) is 0 Å². The van der Waals surface area contributed by atoms with Gasteiger partial charge in [0, 0.05) is 17.7 Å². The second-order valence-corrected chi connectivity index (χ2v) is 5.26. The summed E-state index contributed by atoms with van der Waals surface area (Å²) in [4.78, 5) is 34.1. The number of rotatable bonds is 7. The summed E-state index contributed by atoms with van der Waals surface area (Å²) in [5, 5.41) is 5.45. The standard InChI is InChI=1S/C16H20N2O4S/c1-3-10-22-15(21)9-8-14(20)18-16(23)17-13-6-4-12(5-7-13)11(2)19/h4-7H,3,8-10H2,1-2H3,(H2,17,18,20,23). The number of ketones is 1. The average Bonchev–Trinajstić information content (AvgIpc) is 2.51. The van der Waals surface area contributed by atoms with Crippen molar-refractivity contribution in [3.05, 3.63) is 29.8 Å². The fraction of sp³-hybridized carbons (Fsp3) is 0.375. The molecule has 0 radical (unpaired) electrons. The van der Waals surface area contributed by atoms with Gasteiger partial charge in [-0.15, -0.1) is 0 Å². The van der Waals surface area contributed by atoms with Crippen molar-refractivity contribution in [1.82, 2.24) is 5.32 Å². The Hall–Kier alpha value is -2.28. The highest BCUT2D eigenvalue weighted by atomic mass is 32.1. The first-order valence-corrected chi connectivity index (χ1v) is 7.70. The molecule has 7 heteroatoms. The van der Waals surface area contributed by atoms with E-state index in [1.165, 1.54) is 6.92 Å². The minimum atomic E-state index is -0.402. The molecule has 1 aromatic carbocycles. The topological polar surface area (TPSA) is 84.5 Å². The van der Waals surface area contributed by atoms with Crippen LogP contribution in [0.15, 0.2) is 24.3 Å². The molecule has 1 rings (SSSR count). The molecule has 0 fully saturated rings. The molecule has 23 heavy (non-hydrogen) atoms. The molecule has 0 aliphatic heterocycles. The van der Waals surface area contributed by atoms with Crippen LogP contribution in [0.25, 0.3) is 0 Å². The number of carbonyl (C=O) groups excluding carboxylic acids is 3. The van der Waals surface area contributed by atoms with Gasteiger partial charge in [-0.1, -0.05) is 6.92 Å². The van der Waals surface area contributed by atoms with E-state index < -0.39 is 5.97 Å². The summed E-state index contributed by atoms with van der Waals surface area (Å²) in [7, 11) is 0. The SMILES string of the molecule is CCCOC(=O)CCC(=O)NC(=S)Nc1ccc(C(C)=O)cc1. The molecule has 2 N–H and O–H groups in total. The van der Waals surface area contributed by atoms with E-state index in [9.17, 15) is 14.4 Å². The van der Waals surface area contributed by atoms with E-state index in [-0.39, 0.29) is 29.6 Å². The van der Waals surface area contributed by atoms with E-state index in [0.717, 1.165) is 6.42 Å². The molecule has 6 nitrogen and oxygen atoms in total. The van der Waals surface area contributed by atoms with Gasteiger partial charge in [0.2, 0.25) is 5.91 Å². The minimum Gasteiger partial charge on any atom is -0.466 e. The van der Waals surface area contributed by atoms with Gasteiger partial charge in [-0.2, -0.15) is 0 Å². The molecule has 0 saturated heterocycles. The second-order valence-electron chi connectivity index (χ2n) is 4.86.